The second-order valence-electron chi connectivity index (χ2n) is 3.84. The van der Waals surface area contributed by atoms with Crippen LogP contribution in [0.4, 0.5) is 5.69 Å². The Kier molecular flexibility index (Phi) is 5.28. The van der Waals surface area contributed by atoms with Gasteiger partial charge in [0, 0.05) is 16.3 Å². The molecular formula is C13H7Br4NO2. The van der Waals surface area contributed by atoms with Gasteiger partial charge in [0.1, 0.15) is 11.5 Å². The highest BCUT2D eigenvalue weighted by Gasteiger charge is 2.07. The van der Waals surface area contributed by atoms with Gasteiger partial charge in [0.25, 0.3) is 0 Å². The van der Waals surface area contributed by atoms with Gasteiger partial charge in [0.2, 0.25) is 0 Å². The van der Waals surface area contributed by atoms with Crippen molar-refractivity contribution >= 4 is 75.6 Å². The molecule has 0 aliphatic carbocycles. The molecule has 0 spiro atoms. The van der Waals surface area contributed by atoms with Crippen LogP contribution in [0.1, 0.15) is 5.56 Å². The number of aliphatic imine (C=N–C) groups is 1. The Morgan fingerprint density at radius 3 is 1.95 bits per heavy atom. The zero-order chi connectivity index (χ0) is 14.9. The summed E-state index contributed by atoms with van der Waals surface area (Å²) in [5.41, 5.74) is 1.21. The summed E-state index contributed by atoms with van der Waals surface area (Å²) in [5.74, 6) is 0.242. The molecule has 7 heteroatoms. The van der Waals surface area contributed by atoms with E-state index in [0.717, 1.165) is 4.47 Å². The summed E-state index contributed by atoms with van der Waals surface area (Å²) in [7, 11) is 0. The van der Waals surface area contributed by atoms with Gasteiger partial charge in [-0.15, -0.1) is 0 Å². The van der Waals surface area contributed by atoms with Crippen molar-refractivity contribution in [2.24, 2.45) is 4.99 Å². The molecule has 0 saturated heterocycles. The molecule has 20 heavy (non-hydrogen) atoms. The number of aromatic hydroxyl groups is 2. The number of hydrogen-bond donors (Lipinski definition) is 2. The third kappa shape index (κ3) is 3.63. The van der Waals surface area contributed by atoms with Crippen LogP contribution in [0, 0.1) is 0 Å². The van der Waals surface area contributed by atoms with Gasteiger partial charge in [0.15, 0.2) is 0 Å². The minimum Gasteiger partial charge on any atom is -0.506 e. The van der Waals surface area contributed by atoms with E-state index in [1.54, 1.807) is 30.5 Å². The average molecular weight is 529 g/mol. The van der Waals surface area contributed by atoms with Gasteiger partial charge in [-0.3, -0.25) is 4.99 Å². The van der Waals surface area contributed by atoms with Crippen molar-refractivity contribution < 1.29 is 10.2 Å². The molecule has 0 radical (unpaired) electrons. The molecule has 104 valence electrons. The van der Waals surface area contributed by atoms with E-state index in [1.807, 2.05) is 0 Å². The number of halogens is 4. The summed E-state index contributed by atoms with van der Waals surface area (Å²) in [6, 6.07) is 6.87. The fraction of sp³-hybridized carbons (Fsp3) is 0. The molecule has 2 N–H and O–H groups in total. The Bertz CT molecular complexity index is 678. The molecule has 0 bridgehead atoms. The van der Waals surface area contributed by atoms with Gasteiger partial charge in [-0.2, -0.15) is 0 Å². The van der Waals surface area contributed by atoms with Crippen LogP contribution in [0.25, 0.3) is 0 Å². The molecular weight excluding hydrogens is 522 g/mol. The highest BCUT2D eigenvalue weighted by molar-refractivity contribution is 9.11. The molecule has 0 aliphatic rings. The average Bonchev–Trinajstić information content (AvgIpc) is 2.38. The standard InChI is InChI=1S/C13H7Br4NO2/c14-7-1-6(12(19)9(15)2-7)5-18-8-3-10(16)13(20)11(17)4-8/h1-5,19-20H. The van der Waals surface area contributed by atoms with Crippen LogP contribution >= 0.6 is 63.7 Å². The number of hydrogen-bond acceptors (Lipinski definition) is 3. The lowest BCUT2D eigenvalue weighted by Crippen LogP contribution is -1.84. The number of benzene rings is 2. The first-order valence-electron chi connectivity index (χ1n) is 5.28. The van der Waals surface area contributed by atoms with Crippen LogP contribution in [0.5, 0.6) is 11.5 Å². The predicted octanol–water partition coefficient (Wildman–Crippen LogP) is 5.90. The quantitative estimate of drug-likeness (QED) is 0.477. The molecule has 2 aromatic carbocycles. The van der Waals surface area contributed by atoms with Crippen molar-refractivity contribution in [3.05, 3.63) is 47.7 Å². The molecule has 2 aromatic rings. The van der Waals surface area contributed by atoms with E-state index >= 15 is 0 Å². The molecule has 0 heterocycles. The normalized spacial score (nSPS) is 11.2. The highest BCUT2D eigenvalue weighted by Crippen LogP contribution is 2.36. The van der Waals surface area contributed by atoms with E-state index in [4.69, 9.17) is 0 Å². The number of rotatable bonds is 2. The summed E-state index contributed by atoms with van der Waals surface area (Å²) in [6.07, 6.45) is 1.55. The molecule has 0 amide bonds. The molecule has 0 unspecified atom stereocenters. The number of nitrogens with zero attached hydrogens (tertiary/aromatic N) is 1. The monoisotopic (exact) mass is 525 g/mol. The van der Waals surface area contributed by atoms with Crippen molar-refractivity contribution in [3.8, 4) is 11.5 Å². The van der Waals surface area contributed by atoms with Crippen molar-refractivity contribution in [3.63, 3.8) is 0 Å². The molecule has 2 rings (SSSR count). The zero-order valence-electron chi connectivity index (χ0n) is 9.74. The van der Waals surface area contributed by atoms with Crippen LogP contribution in [0.15, 0.2) is 47.1 Å². The first-order valence-corrected chi connectivity index (χ1v) is 8.46. The summed E-state index contributed by atoms with van der Waals surface area (Å²) >= 11 is 13.1. The Labute approximate surface area is 149 Å². The van der Waals surface area contributed by atoms with E-state index < -0.39 is 0 Å². The molecule has 0 saturated carbocycles. The van der Waals surface area contributed by atoms with Gasteiger partial charge in [-0.05, 0) is 72.1 Å². The van der Waals surface area contributed by atoms with Crippen LogP contribution in [0.2, 0.25) is 0 Å². The maximum absolute atomic E-state index is 9.94. The van der Waals surface area contributed by atoms with Gasteiger partial charge in [-0.1, -0.05) is 15.9 Å². The van der Waals surface area contributed by atoms with Crippen LogP contribution in [-0.4, -0.2) is 16.4 Å². The Hall–Kier alpha value is -0.370. The molecule has 3 nitrogen and oxygen atoms in total. The Morgan fingerprint density at radius 1 is 0.800 bits per heavy atom. The third-order valence-corrected chi connectivity index (χ3v) is 4.68. The molecule has 0 aromatic heterocycles. The van der Waals surface area contributed by atoms with Crippen molar-refractivity contribution in [1.29, 1.82) is 0 Å². The number of phenols is 2. The summed E-state index contributed by atoms with van der Waals surface area (Å²) in [5, 5.41) is 19.6. The van der Waals surface area contributed by atoms with Gasteiger partial charge in [0.05, 0.1) is 19.1 Å². The lowest BCUT2D eigenvalue weighted by Gasteiger charge is -2.04. The van der Waals surface area contributed by atoms with E-state index in [0.29, 0.717) is 24.7 Å². The van der Waals surface area contributed by atoms with E-state index in [1.165, 1.54) is 0 Å². The maximum Gasteiger partial charge on any atom is 0.144 e. The summed E-state index contributed by atoms with van der Waals surface area (Å²) < 4.78 is 2.50. The topological polar surface area (TPSA) is 52.8 Å². The van der Waals surface area contributed by atoms with Crippen molar-refractivity contribution in [2.45, 2.75) is 0 Å². The minimum atomic E-state index is 0.119. The van der Waals surface area contributed by atoms with Crippen LogP contribution in [-0.2, 0) is 0 Å². The van der Waals surface area contributed by atoms with E-state index in [-0.39, 0.29) is 11.5 Å². The zero-order valence-corrected chi connectivity index (χ0v) is 16.1. The predicted molar refractivity (Wildman–Crippen MR) is 94.3 cm³/mol. The third-order valence-electron chi connectivity index (χ3n) is 2.41. The van der Waals surface area contributed by atoms with Gasteiger partial charge >= 0.3 is 0 Å². The second kappa shape index (κ2) is 6.60. The Morgan fingerprint density at radius 2 is 1.35 bits per heavy atom. The van der Waals surface area contributed by atoms with Crippen molar-refractivity contribution in [2.75, 3.05) is 0 Å². The second-order valence-corrected chi connectivity index (χ2v) is 7.32. The van der Waals surface area contributed by atoms with Gasteiger partial charge < -0.3 is 10.2 Å². The molecule has 0 fully saturated rings. The maximum atomic E-state index is 9.94. The Balaban J connectivity index is 2.40. The summed E-state index contributed by atoms with van der Waals surface area (Å²) in [6.45, 7) is 0. The van der Waals surface area contributed by atoms with E-state index in [9.17, 15) is 10.2 Å². The largest absolute Gasteiger partial charge is 0.506 e. The number of phenolic OH excluding ortho intramolecular Hbond substituents is 2. The SMILES string of the molecule is Oc1c(Br)cc(N=Cc2cc(Br)cc(Br)c2O)cc1Br. The fourth-order valence-electron chi connectivity index (χ4n) is 1.46. The van der Waals surface area contributed by atoms with E-state index in [2.05, 4.69) is 68.7 Å². The van der Waals surface area contributed by atoms with Crippen LogP contribution in [0.3, 0.4) is 0 Å². The molecule has 0 aliphatic heterocycles. The highest BCUT2D eigenvalue weighted by atomic mass is 79.9. The van der Waals surface area contributed by atoms with Crippen molar-refractivity contribution in [1.82, 2.24) is 0 Å². The molecule has 0 atom stereocenters. The first-order chi connectivity index (χ1) is 9.38. The fourth-order valence-corrected chi connectivity index (χ4v) is 3.88. The lowest BCUT2D eigenvalue weighted by atomic mass is 10.2. The smallest absolute Gasteiger partial charge is 0.144 e. The van der Waals surface area contributed by atoms with Gasteiger partial charge in [-0.25, -0.2) is 0 Å². The minimum absolute atomic E-state index is 0.119. The summed E-state index contributed by atoms with van der Waals surface area (Å²) in [4.78, 5) is 4.28. The lowest BCUT2D eigenvalue weighted by molar-refractivity contribution is 0.468. The first kappa shape index (κ1) is 16.0. The van der Waals surface area contributed by atoms with Crippen LogP contribution < -0.4 is 0 Å².